The molecule has 0 radical (unpaired) electrons. The SMILES string of the molecule is CC(C)C1COC(Sc2ccccc2)=N1. The zero-order valence-electron chi connectivity index (χ0n) is 9.01. The molecule has 15 heavy (non-hydrogen) atoms. The van der Waals surface area contributed by atoms with Gasteiger partial charge in [-0.1, -0.05) is 32.0 Å². The molecule has 0 bridgehead atoms. The minimum absolute atomic E-state index is 0.330. The topological polar surface area (TPSA) is 21.6 Å². The predicted molar refractivity (Wildman–Crippen MR) is 64.3 cm³/mol. The largest absolute Gasteiger partial charge is 0.471 e. The van der Waals surface area contributed by atoms with Crippen molar-refractivity contribution in [1.82, 2.24) is 0 Å². The maximum absolute atomic E-state index is 5.54. The Labute approximate surface area is 94.7 Å². The molecule has 3 heteroatoms. The quantitative estimate of drug-likeness (QED) is 0.765. The lowest BCUT2D eigenvalue weighted by molar-refractivity contribution is 0.296. The summed E-state index contributed by atoms with van der Waals surface area (Å²) in [5.74, 6) is 0.555. The molecule has 1 heterocycles. The van der Waals surface area contributed by atoms with Crippen molar-refractivity contribution in [2.45, 2.75) is 24.8 Å². The van der Waals surface area contributed by atoms with E-state index in [0.717, 1.165) is 11.8 Å². The summed E-state index contributed by atoms with van der Waals surface area (Å²) in [5.41, 5.74) is 0. The van der Waals surface area contributed by atoms with Crippen LogP contribution in [0.1, 0.15) is 13.8 Å². The van der Waals surface area contributed by atoms with Crippen molar-refractivity contribution in [2.24, 2.45) is 10.9 Å². The molecule has 2 rings (SSSR count). The number of thioether (sulfide) groups is 1. The van der Waals surface area contributed by atoms with Gasteiger partial charge in [0.05, 0.1) is 6.04 Å². The van der Waals surface area contributed by atoms with Gasteiger partial charge in [-0.25, -0.2) is 4.99 Å². The third-order valence-corrected chi connectivity index (χ3v) is 3.27. The van der Waals surface area contributed by atoms with Crippen LogP contribution in [-0.2, 0) is 4.74 Å². The van der Waals surface area contributed by atoms with Crippen LogP contribution in [-0.4, -0.2) is 17.9 Å². The van der Waals surface area contributed by atoms with E-state index in [2.05, 4.69) is 31.0 Å². The summed E-state index contributed by atoms with van der Waals surface area (Å²) in [6, 6.07) is 10.5. The maximum atomic E-state index is 5.54. The first-order chi connectivity index (χ1) is 7.25. The van der Waals surface area contributed by atoms with Crippen LogP contribution >= 0.6 is 11.8 Å². The second-order valence-electron chi connectivity index (χ2n) is 3.93. The van der Waals surface area contributed by atoms with E-state index in [-0.39, 0.29) is 0 Å². The van der Waals surface area contributed by atoms with Crippen LogP contribution in [0.3, 0.4) is 0 Å². The van der Waals surface area contributed by atoms with Gasteiger partial charge < -0.3 is 4.74 Å². The molecule has 0 amide bonds. The first kappa shape index (κ1) is 10.6. The van der Waals surface area contributed by atoms with E-state index in [9.17, 15) is 0 Å². The molecular weight excluding hydrogens is 206 g/mol. The highest BCUT2D eigenvalue weighted by molar-refractivity contribution is 8.13. The maximum Gasteiger partial charge on any atom is 0.251 e. The summed E-state index contributed by atoms with van der Waals surface area (Å²) < 4.78 is 5.54. The molecule has 1 aromatic rings. The van der Waals surface area contributed by atoms with Crippen LogP contribution in [0.4, 0.5) is 0 Å². The average molecular weight is 221 g/mol. The Morgan fingerprint density at radius 3 is 2.67 bits per heavy atom. The van der Waals surface area contributed by atoms with Gasteiger partial charge in [0.2, 0.25) is 0 Å². The Bertz CT molecular complexity index is 348. The van der Waals surface area contributed by atoms with Crippen LogP contribution in [0.5, 0.6) is 0 Å². The lowest BCUT2D eigenvalue weighted by atomic mass is 10.1. The molecule has 0 N–H and O–H groups in total. The highest BCUT2D eigenvalue weighted by Gasteiger charge is 2.22. The Balaban J connectivity index is 2.00. The van der Waals surface area contributed by atoms with Crippen LogP contribution in [0, 0.1) is 5.92 Å². The number of ether oxygens (including phenoxy) is 1. The Morgan fingerprint density at radius 1 is 1.33 bits per heavy atom. The normalized spacial score (nSPS) is 20.2. The molecule has 1 aliphatic heterocycles. The summed E-state index contributed by atoms with van der Waals surface area (Å²) >= 11 is 1.60. The molecule has 1 unspecified atom stereocenters. The van der Waals surface area contributed by atoms with Gasteiger partial charge >= 0.3 is 0 Å². The minimum atomic E-state index is 0.330. The Hall–Kier alpha value is -0.960. The fraction of sp³-hybridized carbons (Fsp3) is 0.417. The van der Waals surface area contributed by atoms with Gasteiger partial charge in [0.25, 0.3) is 5.23 Å². The lowest BCUT2D eigenvalue weighted by Crippen LogP contribution is -2.13. The Morgan fingerprint density at radius 2 is 2.07 bits per heavy atom. The fourth-order valence-corrected chi connectivity index (χ4v) is 2.16. The molecule has 0 aromatic heterocycles. The number of hydrogen-bond donors (Lipinski definition) is 0. The van der Waals surface area contributed by atoms with E-state index < -0.39 is 0 Å². The van der Waals surface area contributed by atoms with Crippen LogP contribution in [0.25, 0.3) is 0 Å². The van der Waals surface area contributed by atoms with Crippen molar-refractivity contribution < 1.29 is 4.74 Å². The van der Waals surface area contributed by atoms with E-state index in [1.807, 2.05) is 18.2 Å². The number of aliphatic imine (C=N–C) groups is 1. The third kappa shape index (κ3) is 2.75. The molecule has 80 valence electrons. The van der Waals surface area contributed by atoms with E-state index in [1.54, 1.807) is 11.8 Å². The van der Waals surface area contributed by atoms with Crippen LogP contribution < -0.4 is 0 Å². The van der Waals surface area contributed by atoms with Gasteiger partial charge in [0.1, 0.15) is 6.61 Å². The molecular formula is C12H15NOS. The summed E-state index contributed by atoms with van der Waals surface area (Å²) in [6.45, 7) is 5.08. The number of hydrogen-bond acceptors (Lipinski definition) is 3. The zero-order valence-corrected chi connectivity index (χ0v) is 9.83. The monoisotopic (exact) mass is 221 g/mol. The first-order valence-electron chi connectivity index (χ1n) is 5.19. The van der Waals surface area contributed by atoms with Crippen molar-refractivity contribution in [3.8, 4) is 0 Å². The molecule has 0 saturated heterocycles. The van der Waals surface area contributed by atoms with Gasteiger partial charge in [0, 0.05) is 4.90 Å². The standard InChI is InChI=1S/C12H15NOS/c1-9(2)11-8-14-12(13-11)15-10-6-4-3-5-7-10/h3-7,9,11H,8H2,1-2H3. The number of nitrogens with zero attached hydrogens (tertiary/aromatic N) is 1. The number of benzene rings is 1. The van der Waals surface area contributed by atoms with Crippen molar-refractivity contribution in [2.75, 3.05) is 6.61 Å². The number of rotatable bonds is 2. The fourth-order valence-electron chi connectivity index (χ4n) is 1.35. The average Bonchev–Trinajstić information content (AvgIpc) is 2.68. The Kier molecular flexibility index (Phi) is 3.31. The van der Waals surface area contributed by atoms with E-state index in [0.29, 0.717) is 12.0 Å². The molecule has 1 aromatic carbocycles. The van der Waals surface area contributed by atoms with Crippen molar-refractivity contribution in [3.05, 3.63) is 30.3 Å². The van der Waals surface area contributed by atoms with Gasteiger partial charge in [-0.2, -0.15) is 0 Å². The van der Waals surface area contributed by atoms with Crippen LogP contribution in [0.2, 0.25) is 0 Å². The molecule has 0 saturated carbocycles. The highest BCUT2D eigenvalue weighted by Crippen LogP contribution is 2.25. The predicted octanol–water partition coefficient (Wildman–Crippen LogP) is 3.19. The molecule has 0 spiro atoms. The minimum Gasteiger partial charge on any atom is -0.471 e. The summed E-state index contributed by atoms with van der Waals surface area (Å²) in [6.07, 6.45) is 0. The van der Waals surface area contributed by atoms with Gasteiger partial charge in [-0.05, 0) is 29.8 Å². The molecule has 0 aliphatic carbocycles. The van der Waals surface area contributed by atoms with Gasteiger partial charge in [-0.3, -0.25) is 0 Å². The van der Waals surface area contributed by atoms with Crippen molar-refractivity contribution in [3.63, 3.8) is 0 Å². The van der Waals surface area contributed by atoms with Crippen molar-refractivity contribution in [1.29, 1.82) is 0 Å². The first-order valence-corrected chi connectivity index (χ1v) is 6.01. The van der Waals surface area contributed by atoms with Crippen molar-refractivity contribution >= 4 is 17.0 Å². The molecule has 1 atom stereocenters. The summed E-state index contributed by atoms with van der Waals surface area (Å²) in [5, 5.41) is 0.805. The van der Waals surface area contributed by atoms with E-state index >= 15 is 0 Å². The van der Waals surface area contributed by atoms with E-state index in [4.69, 9.17) is 4.74 Å². The van der Waals surface area contributed by atoms with Crippen LogP contribution in [0.15, 0.2) is 40.2 Å². The molecule has 0 fully saturated rings. The second kappa shape index (κ2) is 4.71. The molecule has 2 nitrogen and oxygen atoms in total. The summed E-state index contributed by atoms with van der Waals surface area (Å²) in [7, 11) is 0. The zero-order chi connectivity index (χ0) is 10.7. The molecule has 1 aliphatic rings. The van der Waals surface area contributed by atoms with Gasteiger partial charge in [-0.15, -0.1) is 0 Å². The lowest BCUT2D eigenvalue weighted by Gasteiger charge is -2.06. The highest BCUT2D eigenvalue weighted by atomic mass is 32.2. The van der Waals surface area contributed by atoms with E-state index in [1.165, 1.54) is 4.90 Å². The van der Waals surface area contributed by atoms with Gasteiger partial charge in [0.15, 0.2) is 0 Å². The third-order valence-electron chi connectivity index (χ3n) is 2.37. The second-order valence-corrected chi connectivity index (χ2v) is 4.96. The smallest absolute Gasteiger partial charge is 0.251 e. The summed E-state index contributed by atoms with van der Waals surface area (Å²) in [4.78, 5) is 5.72.